The summed E-state index contributed by atoms with van der Waals surface area (Å²) in [5.74, 6) is 0.959. The van der Waals surface area contributed by atoms with E-state index in [4.69, 9.17) is 14.2 Å². The lowest BCUT2D eigenvalue weighted by molar-refractivity contribution is 0.0419. The number of guanidine groups is 1. The van der Waals surface area contributed by atoms with E-state index >= 15 is 0 Å². The van der Waals surface area contributed by atoms with Gasteiger partial charge in [0, 0.05) is 33.4 Å². The number of alkyl carbamates (subject to hydrolysis) is 1. The van der Waals surface area contributed by atoms with Gasteiger partial charge in [0.1, 0.15) is 5.60 Å². The van der Waals surface area contributed by atoms with Crippen LogP contribution in [0.15, 0.2) is 4.99 Å². The lowest BCUT2D eigenvalue weighted by Gasteiger charge is -2.26. The minimum absolute atomic E-state index is 0.0656. The maximum atomic E-state index is 12.0. The van der Waals surface area contributed by atoms with Crippen molar-refractivity contribution in [3.05, 3.63) is 0 Å². The Morgan fingerprint density at radius 3 is 2.59 bits per heavy atom. The topological polar surface area (TPSA) is 93.2 Å². The fourth-order valence-electron chi connectivity index (χ4n) is 2.51. The van der Waals surface area contributed by atoms with Gasteiger partial charge in [0.05, 0.1) is 18.8 Å². The molecule has 2 atom stereocenters. The number of rotatable bonds is 9. The Morgan fingerprint density at radius 2 is 2.04 bits per heavy atom. The fraction of sp³-hybridized carbons (Fsp3) is 0.895. The summed E-state index contributed by atoms with van der Waals surface area (Å²) < 4.78 is 16.4. The lowest BCUT2D eigenvalue weighted by Crippen LogP contribution is -2.50. The summed E-state index contributed by atoms with van der Waals surface area (Å²) in [7, 11) is 1.73. The third kappa shape index (κ3) is 11.0. The Hall–Kier alpha value is -1.54. The van der Waals surface area contributed by atoms with Gasteiger partial charge in [-0.2, -0.15) is 0 Å². The van der Waals surface area contributed by atoms with Gasteiger partial charge in [-0.05, 0) is 39.5 Å². The summed E-state index contributed by atoms with van der Waals surface area (Å²) >= 11 is 0. The van der Waals surface area contributed by atoms with Crippen LogP contribution in [0.1, 0.15) is 47.5 Å². The highest BCUT2D eigenvalue weighted by Crippen LogP contribution is 2.09. The van der Waals surface area contributed by atoms with Gasteiger partial charge in [-0.25, -0.2) is 4.79 Å². The highest BCUT2D eigenvalue weighted by Gasteiger charge is 2.21. The number of ether oxygens (including phenoxy) is 3. The Kier molecular flexibility index (Phi) is 10.5. The number of hydrogen-bond donors (Lipinski definition) is 3. The summed E-state index contributed by atoms with van der Waals surface area (Å²) in [6.07, 6.45) is 1.71. The molecule has 2 unspecified atom stereocenters. The second-order valence-electron chi connectivity index (χ2n) is 8.09. The summed E-state index contributed by atoms with van der Waals surface area (Å²) in [5.41, 5.74) is -0.511. The van der Waals surface area contributed by atoms with Gasteiger partial charge in [-0.15, -0.1) is 0 Å². The van der Waals surface area contributed by atoms with Gasteiger partial charge in [0.2, 0.25) is 0 Å². The van der Waals surface area contributed by atoms with Gasteiger partial charge < -0.3 is 30.2 Å². The smallest absolute Gasteiger partial charge is 0.407 e. The Labute approximate surface area is 163 Å². The van der Waals surface area contributed by atoms with Crippen molar-refractivity contribution in [3.8, 4) is 0 Å². The van der Waals surface area contributed by atoms with Crippen molar-refractivity contribution in [2.75, 3.05) is 40.0 Å². The molecule has 1 heterocycles. The molecular weight excluding hydrogens is 348 g/mol. The van der Waals surface area contributed by atoms with E-state index in [1.54, 1.807) is 7.05 Å². The van der Waals surface area contributed by atoms with E-state index < -0.39 is 11.7 Å². The summed E-state index contributed by atoms with van der Waals surface area (Å²) in [6.45, 7) is 13.2. The summed E-state index contributed by atoms with van der Waals surface area (Å²) in [6, 6.07) is -0.0656. The quantitative estimate of drug-likeness (QED) is 0.318. The first-order valence-corrected chi connectivity index (χ1v) is 9.84. The molecule has 1 saturated heterocycles. The first kappa shape index (κ1) is 23.5. The molecule has 0 aliphatic carbocycles. The van der Waals surface area contributed by atoms with Crippen LogP contribution in [-0.2, 0) is 14.2 Å². The maximum Gasteiger partial charge on any atom is 0.407 e. The van der Waals surface area contributed by atoms with Crippen LogP contribution in [0.4, 0.5) is 4.79 Å². The van der Waals surface area contributed by atoms with Crippen molar-refractivity contribution in [2.45, 2.75) is 65.2 Å². The normalized spacial score (nSPS) is 19.1. The van der Waals surface area contributed by atoms with Gasteiger partial charge in [-0.1, -0.05) is 13.8 Å². The second-order valence-corrected chi connectivity index (χ2v) is 8.09. The zero-order valence-electron chi connectivity index (χ0n) is 17.8. The second kappa shape index (κ2) is 12.0. The molecule has 8 nitrogen and oxygen atoms in total. The average molecular weight is 387 g/mol. The molecule has 8 heteroatoms. The van der Waals surface area contributed by atoms with Crippen LogP contribution < -0.4 is 16.0 Å². The number of nitrogens with one attached hydrogen (secondary N) is 3. The molecule has 0 saturated carbocycles. The van der Waals surface area contributed by atoms with Gasteiger partial charge >= 0.3 is 6.09 Å². The van der Waals surface area contributed by atoms with Gasteiger partial charge in [0.25, 0.3) is 0 Å². The van der Waals surface area contributed by atoms with E-state index in [-0.39, 0.29) is 18.1 Å². The van der Waals surface area contributed by atoms with Crippen molar-refractivity contribution in [1.82, 2.24) is 16.0 Å². The molecule has 0 aromatic carbocycles. The number of carbonyl (C=O) groups excluding carboxylic acids is 1. The predicted molar refractivity (Wildman–Crippen MR) is 107 cm³/mol. The van der Waals surface area contributed by atoms with Crippen LogP contribution >= 0.6 is 0 Å². The number of aliphatic imine (C=N–C) groups is 1. The molecule has 1 aliphatic rings. The van der Waals surface area contributed by atoms with E-state index in [9.17, 15) is 4.79 Å². The van der Waals surface area contributed by atoms with Crippen LogP contribution in [0.25, 0.3) is 0 Å². The number of carbonyl (C=O) groups is 1. The SMILES string of the molecule is CN=C(NCCCOC1CCOC1)NCC(NC(=O)OC(C)(C)C)C(C)C. The Bertz CT molecular complexity index is 457. The summed E-state index contributed by atoms with van der Waals surface area (Å²) in [4.78, 5) is 16.2. The standard InChI is InChI=1S/C19H38N4O4/c1-14(2)16(23-18(24)27-19(3,4)5)12-22-17(20-6)21-9-7-10-26-15-8-11-25-13-15/h14-16H,7-13H2,1-6H3,(H,23,24)(H2,20,21,22). The van der Waals surface area contributed by atoms with Crippen LogP contribution in [0.5, 0.6) is 0 Å². The Morgan fingerprint density at radius 1 is 1.30 bits per heavy atom. The molecule has 3 N–H and O–H groups in total. The van der Waals surface area contributed by atoms with E-state index in [0.29, 0.717) is 25.7 Å². The van der Waals surface area contributed by atoms with Crippen LogP contribution in [-0.4, -0.2) is 69.8 Å². The minimum atomic E-state index is -0.511. The Balaban J connectivity index is 2.27. The van der Waals surface area contributed by atoms with Crippen molar-refractivity contribution in [1.29, 1.82) is 0 Å². The monoisotopic (exact) mass is 386 g/mol. The minimum Gasteiger partial charge on any atom is -0.444 e. The highest BCUT2D eigenvalue weighted by atomic mass is 16.6. The van der Waals surface area contributed by atoms with E-state index in [1.165, 1.54) is 0 Å². The molecular formula is C19H38N4O4. The summed E-state index contributed by atoms with van der Waals surface area (Å²) in [5, 5.41) is 9.45. The number of nitrogens with zero attached hydrogens (tertiary/aromatic N) is 1. The first-order chi connectivity index (χ1) is 12.7. The molecule has 0 spiro atoms. The van der Waals surface area contributed by atoms with Crippen LogP contribution in [0.3, 0.4) is 0 Å². The fourth-order valence-corrected chi connectivity index (χ4v) is 2.51. The maximum absolute atomic E-state index is 12.0. The number of amides is 1. The predicted octanol–water partition coefficient (Wildman–Crippen LogP) is 1.90. The van der Waals surface area contributed by atoms with Gasteiger partial charge in [0.15, 0.2) is 5.96 Å². The molecule has 0 aromatic rings. The average Bonchev–Trinajstić information content (AvgIpc) is 3.07. The van der Waals surface area contributed by atoms with Crippen molar-refractivity contribution >= 4 is 12.1 Å². The zero-order valence-corrected chi connectivity index (χ0v) is 17.8. The molecule has 1 aliphatic heterocycles. The molecule has 0 radical (unpaired) electrons. The van der Waals surface area contributed by atoms with E-state index in [1.807, 2.05) is 20.8 Å². The molecule has 1 rings (SSSR count). The van der Waals surface area contributed by atoms with E-state index in [2.05, 4.69) is 34.8 Å². The van der Waals surface area contributed by atoms with Crippen LogP contribution in [0.2, 0.25) is 0 Å². The highest BCUT2D eigenvalue weighted by molar-refractivity contribution is 5.79. The largest absolute Gasteiger partial charge is 0.444 e. The molecule has 158 valence electrons. The molecule has 0 aromatic heterocycles. The molecule has 27 heavy (non-hydrogen) atoms. The molecule has 1 amide bonds. The number of hydrogen-bond acceptors (Lipinski definition) is 5. The van der Waals surface area contributed by atoms with Crippen molar-refractivity contribution in [3.63, 3.8) is 0 Å². The van der Waals surface area contributed by atoms with Crippen molar-refractivity contribution < 1.29 is 19.0 Å². The van der Waals surface area contributed by atoms with Gasteiger partial charge in [-0.3, -0.25) is 4.99 Å². The third-order valence-electron chi connectivity index (χ3n) is 4.07. The molecule has 1 fully saturated rings. The van der Waals surface area contributed by atoms with E-state index in [0.717, 1.165) is 26.0 Å². The van der Waals surface area contributed by atoms with Crippen LogP contribution in [0, 0.1) is 5.92 Å². The third-order valence-corrected chi connectivity index (χ3v) is 4.07. The first-order valence-electron chi connectivity index (χ1n) is 9.84. The lowest BCUT2D eigenvalue weighted by atomic mass is 10.0. The zero-order chi connectivity index (χ0) is 20.3. The van der Waals surface area contributed by atoms with Crippen molar-refractivity contribution in [2.24, 2.45) is 10.9 Å². The molecule has 0 bridgehead atoms.